The number of nitro benzene ring substituents is 1. The molecule has 4 atom stereocenters. The van der Waals surface area contributed by atoms with Gasteiger partial charge in [-0.25, -0.2) is 4.90 Å². The van der Waals surface area contributed by atoms with Crippen LogP contribution in [0.5, 0.6) is 11.5 Å². The van der Waals surface area contributed by atoms with Crippen LogP contribution in [-0.2, 0) is 9.59 Å². The minimum atomic E-state index is -0.519. The van der Waals surface area contributed by atoms with Gasteiger partial charge in [-0.1, -0.05) is 36.4 Å². The lowest BCUT2D eigenvalue weighted by Crippen LogP contribution is -2.33. The standard InChI is InChI=1S/C30H24N2O6/c1-37-21-11-3-17(4-12-21)25(18-5-13-22(38-2)14-6-18)26-23-15-16-24(26)28-27(23)29(33)31(30(28)34)19-7-9-20(10-8-19)32(35)36/h3-16,23-24,27-28H,1-2H3/t23-,24-,27+,28+/m1/s1. The molecule has 1 heterocycles. The molecule has 38 heavy (non-hydrogen) atoms. The molecular formula is C30H24N2O6. The molecule has 0 N–H and O–H groups in total. The monoisotopic (exact) mass is 508 g/mol. The van der Waals surface area contributed by atoms with Crippen molar-refractivity contribution in [3.05, 3.63) is 112 Å². The van der Waals surface area contributed by atoms with E-state index in [0.717, 1.165) is 33.8 Å². The van der Waals surface area contributed by atoms with Crippen LogP contribution < -0.4 is 14.4 Å². The number of hydrogen-bond donors (Lipinski definition) is 0. The van der Waals surface area contributed by atoms with Crippen molar-refractivity contribution in [1.29, 1.82) is 0 Å². The van der Waals surface area contributed by atoms with Gasteiger partial charge in [-0.3, -0.25) is 19.7 Å². The zero-order valence-electron chi connectivity index (χ0n) is 20.7. The van der Waals surface area contributed by atoms with E-state index in [4.69, 9.17) is 9.47 Å². The minimum absolute atomic E-state index is 0.0939. The summed E-state index contributed by atoms with van der Waals surface area (Å²) in [6.45, 7) is 0. The molecule has 1 saturated carbocycles. The number of carbonyl (C=O) groups excluding carboxylic acids is 2. The Morgan fingerprint density at radius 3 is 1.58 bits per heavy atom. The van der Waals surface area contributed by atoms with Crippen LogP contribution in [0.4, 0.5) is 11.4 Å². The Morgan fingerprint density at radius 1 is 0.737 bits per heavy atom. The maximum absolute atomic E-state index is 13.7. The van der Waals surface area contributed by atoms with E-state index in [0.29, 0.717) is 5.69 Å². The van der Waals surface area contributed by atoms with Gasteiger partial charge < -0.3 is 9.47 Å². The van der Waals surface area contributed by atoms with Crippen molar-refractivity contribution in [3.63, 3.8) is 0 Å². The summed E-state index contributed by atoms with van der Waals surface area (Å²) < 4.78 is 10.7. The van der Waals surface area contributed by atoms with Crippen molar-refractivity contribution in [2.45, 2.75) is 0 Å². The molecule has 2 fully saturated rings. The summed E-state index contributed by atoms with van der Waals surface area (Å²) in [5, 5.41) is 11.1. The van der Waals surface area contributed by atoms with Crippen molar-refractivity contribution in [3.8, 4) is 11.5 Å². The second kappa shape index (κ2) is 8.99. The van der Waals surface area contributed by atoms with E-state index in [1.807, 2.05) is 60.7 Å². The Kier molecular flexibility index (Phi) is 5.60. The smallest absolute Gasteiger partial charge is 0.269 e. The van der Waals surface area contributed by atoms with Gasteiger partial charge in [0, 0.05) is 24.0 Å². The van der Waals surface area contributed by atoms with Crippen LogP contribution in [0.15, 0.2) is 90.5 Å². The summed E-state index contributed by atoms with van der Waals surface area (Å²) in [5.41, 5.74) is 4.25. The van der Waals surface area contributed by atoms with Gasteiger partial charge in [-0.2, -0.15) is 0 Å². The first-order valence-corrected chi connectivity index (χ1v) is 12.3. The summed E-state index contributed by atoms with van der Waals surface area (Å²) in [5.74, 6) is -0.572. The number of nitro groups is 1. The van der Waals surface area contributed by atoms with Gasteiger partial charge in [-0.05, 0) is 58.7 Å². The highest BCUT2D eigenvalue weighted by Crippen LogP contribution is 2.59. The zero-order chi connectivity index (χ0) is 26.6. The van der Waals surface area contributed by atoms with Gasteiger partial charge in [0.1, 0.15) is 11.5 Å². The number of rotatable bonds is 6. The molecule has 0 unspecified atom stereocenters. The van der Waals surface area contributed by atoms with Crippen molar-refractivity contribution in [2.24, 2.45) is 23.7 Å². The number of carbonyl (C=O) groups is 2. The van der Waals surface area contributed by atoms with Crippen molar-refractivity contribution < 1.29 is 24.0 Å². The summed E-state index contributed by atoms with van der Waals surface area (Å²) in [6.07, 6.45) is 4.08. The van der Waals surface area contributed by atoms with Crippen LogP contribution in [0.1, 0.15) is 11.1 Å². The first-order chi connectivity index (χ1) is 18.4. The average molecular weight is 509 g/mol. The number of anilines is 1. The van der Waals surface area contributed by atoms with Crippen LogP contribution in [0.2, 0.25) is 0 Å². The summed E-state index contributed by atoms with van der Waals surface area (Å²) in [6, 6.07) is 21.1. The molecule has 1 aliphatic heterocycles. The van der Waals surface area contributed by atoms with Crippen LogP contribution in [0, 0.1) is 33.8 Å². The Bertz CT molecular complexity index is 1420. The zero-order valence-corrected chi connectivity index (χ0v) is 20.7. The first kappa shape index (κ1) is 23.7. The summed E-state index contributed by atoms with van der Waals surface area (Å²) in [7, 11) is 3.24. The fourth-order valence-electron chi connectivity index (χ4n) is 6.09. The Balaban J connectivity index is 1.44. The Morgan fingerprint density at radius 2 is 1.18 bits per heavy atom. The number of ether oxygens (including phenoxy) is 2. The molecule has 3 aliphatic rings. The fraction of sp³-hybridized carbons (Fsp3) is 0.200. The molecule has 0 radical (unpaired) electrons. The van der Waals surface area contributed by atoms with E-state index in [2.05, 4.69) is 0 Å². The van der Waals surface area contributed by atoms with Gasteiger partial charge in [0.15, 0.2) is 0 Å². The summed E-state index contributed by atoms with van der Waals surface area (Å²) in [4.78, 5) is 39.1. The molecule has 6 rings (SSSR count). The number of benzene rings is 3. The lowest BCUT2D eigenvalue weighted by Gasteiger charge is -2.22. The van der Waals surface area contributed by atoms with E-state index in [-0.39, 0.29) is 29.3 Å². The average Bonchev–Trinajstić information content (AvgIpc) is 3.58. The molecule has 0 aromatic heterocycles. The molecule has 1 saturated heterocycles. The second-order valence-electron chi connectivity index (χ2n) is 9.56. The van der Waals surface area contributed by atoms with Gasteiger partial charge in [0.25, 0.3) is 5.69 Å². The van der Waals surface area contributed by atoms with Crippen LogP contribution >= 0.6 is 0 Å². The van der Waals surface area contributed by atoms with Gasteiger partial charge >= 0.3 is 0 Å². The SMILES string of the molecule is COc1ccc(C(=C2[C@H]3C=C[C@H]2[C@@H]2C(=O)N(c4ccc([N+](=O)[O-])cc4)C(=O)[C@H]23)c2ccc(OC)cc2)cc1. The molecule has 2 amide bonds. The number of methoxy groups -OCH3 is 2. The molecule has 2 aliphatic carbocycles. The largest absolute Gasteiger partial charge is 0.497 e. The number of amides is 2. The number of fused-ring (bicyclic) bond motifs is 5. The molecule has 3 aromatic carbocycles. The molecule has 8 nitrogen and oxygen atoms in total. The second-order valence-corrected chi connectivity index (χ2v) is 9.56. The molecule has 2 bridgehead atoms. The third-order valence-electron chi connectivity index (χ3n) is 7.78. The third-order valence-corrected chi connectivity index (χ3v) is 7.78. The third kappa shape index (κ3) is 3.52. The number of imide groups is 1. The minimum Gasteiger partial charge on any atom is -0.497 e. The highest BCUT2D eigenvalue weighted by molar-refractivity contribution is 6.23. The normalized spacial score (nSPS) is 23.1. The summed E-state index contributed by atoms with van der Waals surface area (Å²) >= 11 is 0. The van der Waals surface area contributed by atoms with E-state index >= 15 is 0 Å². The first-order valence-electron chi connectivity index (χ1n) is 12.3. The lowest BCUT2D eigenvalue weighted by atomic mass is 9.85. The fourth-order valence-corrected chi connectivity index (χ4v) is 6.09. The highest BCUT2D eigenvalue weighted by atomic mass is 16.6. The van der Waals surface area contributed by atoms with Gasteiger partial charge in [0.05, 0.1) is 36.7 Å². The Hall–Kier alpha value is -4.72. The van der Waals surface area contributed by atoms with E-state index in [9.17, 15) is 19.7 Å². The van der Waals surface area contributed by atoms with E-state index < -0.39 is 16.8 Å². The molecule has 8 heteroatoms. The van der Waals surface area contributed by atoms with Crippen molar-refractivity contribution in [1.82, 2.24) is 0 Å². The highest BCUT2D eigenvalue weighted by Gasteiger charge is 2.62. The number of hydrogen-bond acceptors (Lipinski definition) is 6. The quantitative estimate of drug-likeness (QED) is 0.200. The number of nitrogens with zero attached hydrogens (tertiary/aromatic N) is 2. The number of non-ortho nitro benzene ring substituents is 1. The molecule has 3 aromatic rings. The van der Waals surface area contributed by atoms with E-state index in [1.165, 1.54) is 29.2 Å². The van der Waals surface area contributed by atoms with E-state index in [1.54, 1.807) is 14.2 Å². The van der Waals surface area contributed by atoms with Crippen LogP contribution in [0.25, 0.3) is 5.57 Å². The van der Waals surface area contributed by atoms with Crippen molar-refractivity contribution >= 4 is 28.8 Å². The van der Waals surface area contributed by atoms with Gasteiger partial charge in [0.2, 0.25) is 11.8 Å². The molecule has 190 valence electrons. The molecular weight excluding hydrogens is 484 g/mol. The maximum Gasteiger partial charge on any atom is 0.269 e. The predicted molar refractivity (Wildman–Crippen MR) is 141 cm³/mol. The number of allylic oxidation sites excluding steroid dienone is 3. The van der Waals surface area contributed by atoms with Crippen LogP contribution in [-0.4, -0.2) is 31.0 Å². The Labute approximate surface area is 218 Å². The maximum atomic E-state index is 13.7. The predicted octanol–water partition coefficient (Wildman–Crippen LogP) is 5.04. The topological polar surface area (TPSA) is 99.0 Å². The van der Waals surface area contributed by atoms with Crippen LogP contribution in [0.3, 0.4) is 0 Å². The lowest BCUT2D eigenvalue weighted by molar-refractivity contribution is -0.384. The van der Waals surface area contributed by atoms with Crippen molar-refractivity contribution in [2.75, 3.05) is 19.1 Å². The molecule has 0 spiro atoms. The van der Waals surface area contributed by atoms with Gasteiger partial charge in [-0.15, -0.1) is 0 Å².